The summed E-state index contributed by atoms with van der Waals surface area (Å²) < 4.78 is 16.9. The first-order valence-electron chi connectivity index (χ1n) is 12.5. The second-order valence-corrected chi connectivity index (χ2v) is 9.58. The van der Waals surface area contributed by atoms with Gasteiger partial charge in [0, 0.05) is 30.1 Å². The number of carbonyl (C=O) groups is 1. The molecule has 3 aromatic heterocycles. The number of hydrogen-bond donors (Lipinski definition) is 3. The maximum Gasteiger partial charge on any atom is 0.263 e. The van der Waals surface area contributed by atoms with Crippen molar-refractivity contribution >= 4 is 22.8 Å². The van der Waals surface area contributed by atoms with Crippen molar-refractivity contribution < 1.29 is 19.0 Å². The highest BCUT2D eigenvalue weighted by molar-refractivity contribution is 5.94. The molecule has 0 saturated carbocycles. The molecule has 6 heterocycles. The Bertz CT molecular complexity index is 1280. The number of nitrogens with one attached hydrogen (secondary N) is 3. The fourth-order valence-corrected chi connectivity index (χ4v) is 5.44. The van der Waals surface area contributed by atoms with Gasteiger partial charge in [-0.3, -0.25) is 9.78 Å². The van der Waals surface area contributed by atoms with Crippen molar-refractivity contribution in [3.05, 3.63) is 41.7 Å². The van der Waals surface area contributed by atoms with Crippen LogP contribution in [0.4, 0.5) is 5.82 Å². The smallest absolute Gasteiger partial charge is 0.263 e. The number of fused-ring (bicyclic) bond motifs is 4. The summed E-state index contributed by atoms with van der Waals surface area (Å²) in [4.78, 5) is 25.6. The largest absolute Gasteiger partial charge is 0.491 e. The number of nitrogens with zero attached hydrogens (tertiary/aromatic N) is 3. The Balaban J connectivity index is 1.24. The lowest BCUT2D eigenvalue weighted by Gasteiger charge is -2.33. The number of amides is 1. The predicted octanol–water partition coefficient (Wildman–Crippen LogP) is 2.39. The van der Waals surface area contributed by atoms with Gasteiger partial charge in [-0.25, -0.2) is 9.97 Å². The first kappa shape index (κ1) is 22.9. The van der Waals surface area contributed by atoms with Gasteiger partial charge >= 0.3 is 0 Å². The zero-order valence-corrected chi connectivity index (χ0v) is 20.3. The summed E-state index contributed by atoms with van der Waals surface area (Å²) in [6, 6.07) is 7.85. The van der Waals surface area contributed by atoms with E-state index >= 15 is 0 Å². The minimum absolute atomic E-state index is 0.0267. The second kappa shape index (κ2) is 9.87. The van der Waals surface area contributed by atoms with Gasteiger partial charge in [0.05, 0.1) is 31.1 Å². The van der Waals surface area contributed by atoms with E-state index in [1.807, 2.05) is 30.5 Å². The fourth-order valence-electron chi connectivity index (χ4n) is 5.44. The summed E-state index contributed by atoms with van der Waals surface area (Å²) >= 11 is 0. The number of anilines is 1. The number of pyridine rings is 3. The SMILES string of the molecule is COc1ccc2ncc3c(c2n1)C(CC(NCc1ccc2c(n1)NC(=O)CO2)[C@H]1CCCNC1)CO3. The monoisotopic (exact) mass is 490 g/mol. The van der Waals surface area contributed by atoms with Crippen LogP contribution in [0.3, 0.4) is 0 Å². The summed E-state index contributed by atoms with van der Waals surface area (Å²) in [6.45, 7) is 3.26. The van der Waals surface area contributed by atoms with Crippen LogP contribution >= 0.6 is 0 Å². The highest BCUT2D eigenvalue weighted by Gasteiger charge is 2.33. The third kappa shape index (κ3) is 4.54. The van der Waals surface area contributed by atoms with Crippen molar-refractivity contribution in [3.8, 4) is 17.4 Å². The van der Waals surface area contributed by atoms with Crippen molar-refractivity contribution in [1.29, 1.82) is 0 Å². The van der Waals surface area contributed by atoms with E-state index in [4.69, 9.17) is 19.2 Å². The van der Waals surface area contributed by atoms with Crippen molar-refractivity contribution in [1.82, 2.24) is 25.6 Å². The van der Waals surface area contributed by atoms with E-state index in [0.717, 1.165) is 60.4 Å². The van der Waals surface area contributed by atoms with E-state index in [9.17, 15) is 4.79 Å². The molecule has 2 unspecified atom stereocenters. The zero-order chi connectivity index (χ0) is 24.5. The predicted molar refractivity (Wildman–Crippen MR) is 134 cm³/mol. The lowest BCUT2D eigenvalue weighted by atomic mass is 9.83. The van der Waals surface area contributed by atoms with E-state index in [0.29, 0.717) is 36.5 Å². The molecule has 3 atom stereocenters. The number of methoxy groups -OCH3 is 1. The number of aromatic nitrogens is 3. The molecule has 1 amide bonds. The molecule has 3 N–H and O–H groups in total. The molecule has 0 spiro atoms. The van der Waals surface area contributed by atoms with Gasteiger partial charge in [0.2, 0.25) is 5.88 Å². The van der Waals surface area contributed by atoms with E-state index in [1.54, 1.807) is 7.11 Å². The highest BCUT2D eigenvalue weighted by atomic mass is 16.5. The average molecular weight is 491 g/mol. The third-order valence-corrected chi connectivity index (χ3v) is 7.27. The molecule has 36 heavy (non-hydrogen) atoms. The average Bonchev–Trinajstić information content (AvgIpc) is 3.34. The van der Waals surface area contributed by atoms with Crippen molar-refractivity contribution in [2.24, 2.45) is 5.92 Å². The van der Waals surface area contributed by atoms with Crippen LogP contribution in [0.5, 0.6) is 17.4 Å². The molecule has 0 bridgehead atoms. The Hall–Kier alpha value is -3.50. The molecule has 0 aliphatic carbocycles. The molecular weight excluding hydrogens is 460 g/mol. The van der Waals surface area contributed by atoms with Crippen molar-refractivity contribution in [3.63, 3.8) is 0 Å². The van der Waals surface area contributed by atoms with Crippen LogP contribution in [-0.2, 0) is 11.3 Å². The first-order valence-corrected chi connectivity index (χ1v) is 12.5. The van der Waals surface area contributed by atoms with Crippen LogP contribution in [0, 0.1) is 5.92 Å². The molecule has 10 heteroatoms. The van der Waals surface area contributed by atoms with Gasteiger partial charge in [-0.15, -0.1) is 0 Å². The van der Waals surface area contributed by atoms with E-state index < -0.39 is 0 Å². The first-order chi connectivity index (χ1) is 17.7. The lowest BCUT2D eigenvalue weighted by Crippen LogP contribution is -2.44. The van der Waals surface area contributed by atoms with Crippen LogP contribution in [0.1, 0.15) is 36.4 Å². The van der Waals surface area contributed by atoms with Gasteiger partial charge < -0.3 is 30.2 Å². The van der Waals surface area contributed by atoms with E-state index in [-0.39, 0.29) is 24.5 Å². The Morgan fingerprint density at radius 3 is 3.00 bits per heavy atom. The van der Waals surface area contributed by atoms with Crippen LogP contribution < -0.4 is 30.2 Å². The quantitative estimate of drug-likeness (QED) is 0.459. The Labute approximate surface area is 209 Å². The summed E-state index contributed by atoms with van der Waals surface area (Å²) in [5, 5.41) is 10.1. The van der Waals surface area contributed by atoms with Crippen LogP contribution in [-0.4, -0.2) is 60.3 Å². The minimum atomic E-state index is -0.182. The molecule has 0 radical (unpaired) electrons. The van der Waals surface area contributed by atoms with Gasteiger partial charge in [0.25, 0.3) is 5.91 Å². The maximum absolute atomic E-state index is 11.7. The zero-order valence-electron chi connectivity index (χ0n) is 20.3. The van der Waals surface area contributed by atoms with Gasteiger partial charge in [0.1, 0.15) is 11.3 Å². The molecule has 1 fully saturated rings. The molecule has 3 aliphatic heterocycles. The highest BCUT2D eigenvalue weighted by Crippen LogP contribution is 2.41. The summed E-state index contributed by atoms with van der Waals surface area (Å²) in [5.41, 5.74) is 3.66. The molecule has 188 valence electrons. The molecule has 1 saturated heterocycles. The minimum Gasteiger partial charge on any atom is -0.491 e. The number of carbonyl (C=O) groups excluding carboxylic acids is 1. The van der Waals surface area contributed by atoms with E-state index in [1.165, 1.54) is 0 Å². The number of rotatable bonds is 7. The molecule has 10 nitrogen and oxygen atoms in total. The summed E-state index contributed by atoms with van der Waals surface area (Å²) in [5.74, 6) is 2.96. The molecule has 6 rings (SSSR count). The van der Waals surface area contributed by atoms with Crippen LogP contribution in [0.2, 0.25) is 0 Å². The number of piperidine rings is 1. The lowest BCUT2D eigenvalue weighted by molar-refractivity contribution is -0.118. The molecular formula is C26H30N6O4. The van der Waals surface area contributed by atoms with Crippen LogP contribution in [0.15, 0.2) is 30.5 Å². The van der Waals surface area contributed by atoms with Gasteiger partial charge in [0.15, 0.2) is 18.2 Å². The molecule has 0 aromatic carbocycles. The van der Waals surface area contributed by atoms with Crippen molar-refractivity contribution in [2.45, 2.75) is 37.8 Å². The van der Waals surface area contributed by atoms with Gasteiger partial charge in [-0.05, 0) is 56.5 Å². The Morgan fingerprint density at radius 1 is 1.19 bits per heavy atom. The summed E-state index contributed by atoms with van der Waals surface area (Å²) in [6.07, 6.45) is 5.04. The topological polar surface area (TPSA) is 120 Å². The number of hydrogen-bond acceptors (Lipinski definition) is 9. The van der Waals surface area contributed by atoms with Gasteiger partial charge in [-0.2, -0.15) is 0 Å². The van der Waals surface area contributed by atoms with Gasteiger partial charge in [-0.1, -0.05) is 0 Å². The van der Waals surface area contributed by atoms with Crippen molar-refractivity contribution in [2.75, 3.05) is 38.7 Å². The fraction of sp³-hybridized carbons (Fsp3) is 0.462. The standard InChI is InChI=1S/C26H30N6O4/c1-34-23-7-5-18-25(32-23)24-16(13-35-21(24)12-29-18)9-19(15-3-2-8-27-10-15)28-11-17-4-6-20-26(30-17)31-22(33)14-36-20/h4-7,12,15-16,19,27-28H,2-3,8-11,13-14H2,1H3,(H,30,31,33)/t15-,16?,19?/m0/s1. The summed E-state index contributed by atoms with van der Waals surface area (Å²) in [7, 11) is 1.63. The second-order valence-electron chi connectivity index (χ2n) is 9.58. The third-order valence-electron chi connectivity index (χ3n) is 7.27. The molecule has 3 aliphatic rings. The maximum atomic E-state index is 11.7. The molecule has 3 aromatic rings. The van der Waals surface area contributed by atoms with Crippen LogP contribution in [0.25, 0.3) is 11.0 Å². The number of ether oxygens (including phenoxy) is 3. The Morgan fingerprint density at radius 2 is 2.14 bits per heavy atom. The Kier molecular flexibility index (Phi) is 6.28. The van der Waals surface area contributed by atoms with E-state index in [2.05, 4.69) is 25.9 Å². The normalized spacial score (nSPS) is 21.6.